The molecule has 1 heterocycles. The number of hydrogen-bond acceptors (Lipinski definition) is 4. The summed E-state index contributed by atoms with van der Waals surface area (Å²) in [5.41, 5.74) is 2.09. The minimum absolute atomic E-state index is 0.108. The lowest BCUT2D eigenvalue weighted by Crippen LogP contribution is -2.34. The minimum atomic E-state index is -0.344. The first-order valence-corrected chi connectivity index (χ1v) is 6.47. The van der Waals surface area contributed by atoms with Gasteiger partial charge in [-0.05, 0) is 32.2 Å². The highest BCUT2D eigenvalue weighted by Crippen LogP contribution is 2.22. The third-order valence-corrected chi connectivity index (χ3v) is 3.44. The fourth-order valence-electron chi connectivity index (χ4n) is 0.722. The van der Waals surface area contributed by atoms with Crippen molar-refractivity contribution in [3.05, 3.63) is 17.5 Å². The minimum Gasteiger partial charge on any atom is -0.272 e. The lowest BCUT2D eigenvalue weighted by molar-refractivity contribution is -0.142. The molecule has 0 fully saturated rings. The summed E-state index contributed by atoms with van der Waals surface area (Å²) in [5, 5.41) is 1.99. The van der Waals surface area contributed by atoms with Crippen molar-refractivity contribution in [2.75, 3.05) is 5.75 Å². The molecule has 1 N–H and O–H groups in total. The van der Waals surface area contributed by atoms with E-state index in [-0.39, 0.29) is 11.5 Å². The maximum absolute atomic E-state index is 11.3. The largest absolute Gasteiger partial charge is 0.272 e. The average Bonchev–Trinajstić information content (AvgIpc) is 2.62. The summed E-state index contributed by atoms with van der Waals surface area (Å²) in [6, 6.07) is 3.96. The molecule has 0 bridgehead atoms. The highest BCUT2D eigenvalue weighted by molar-refractivity contribution is 8.01. The monoisotopic (exact) mass is 245 g/mol. The van der Waals surface area contributed by atoms with Gasteiger partial charge in [-0.2, -0.15) is 0 Å². The maximum Gasteiger partial charge on any atom is 0.253 e. The van der Waals surface area contributed by atoms with Gasteiger partial charge in [-0.25, -0.2) is 5.48 Å². The molecule has 1 rings (SSSR count). The molecule has 0 aliphatic heterocycles. The van der Waals surface area contributed by atoms with Crippen molar-refractivity contribution >= 4 is 29.0 Å². The standard InChI is InChI=1S/C10H15NO2S2/c1-10(2,3)13-11-8(12)7-15-9-5-4-6-14-9/h4-6H,7H2,1-3H3,(H,11,12). The molecule has 1 aromatic rings. The van der Waals surface area contributed by atoms with Gasteiger partial charge in [0.15, 0.2) is 0 Å². The maximum atomic E-state index is 11.3. The molecule has 5 heteroatoms. The molecule has 0 radical (unpaired) electrons. The quantitative estimate of drug-likeness (QED) is 0.654. The van der Waals surface area contributed by atoms with Gasteiger partial charge in [0.2, 0.25) is 0 Å². The number of thioether (sulfide) groups is 1. The Balaban J connectivity index is 2.20. The highest BCUT2D eigenvalue weighted by Gasteiger charge is 2.12. The molecule has 0 aromatic carbocycles. The van der Waals surface area contributed by atoms with E-state index in [1.54, 1.807) is 11.3 Å². The number of thiophene rings is 1. The van der Waals surface area contributed by atoms with Crippen molar-refractivity contribution < 1.29 is 9.63 Å². The van der Waals surface area contributed by atoms with Crippen molar-refractivity contribution in [3.63, 3.8) is 0 Å². The van der Waals surface area contributed by atoms with Crippen molar-refractivity contribution in [1.29, 1.82) is 0 Å². The SMILES string of the molecule is CC(C)(C)ONC(=O)CSc1cccs1. The molecular formula is C10H15NO2S2. The number of hydroxylamine groups is 1. The predicted molar refractivity (Wildman–Crippen MR) is 64.0 cm³/mol. The van der Waals surface area contributed by atoms with E-state index in [1.165, 1.54) is 11.8 Å². The van der Waals surface area contributed by atoms with E-state index in [2.05, 4.69) is 5.48 Å². The molecule has 0 unspecified atom stereocenters. The van der Waals surface area contributed by atoms with Crippen LogP contribution >= 0.6 is 23.1 Å². The summed E-state index contributed by atoms with van der Waals surface area (Å²) in [6.45, 7) is 5.67. The lowest BCUT2D eigenvalue weighted by Gasteiger charge is -2.18. The van der Waals surface area contributed by atoms with Crippen LogP contribution in [0.1, 0.15) is 20.8 Å². The van der Waals surface area contributed by atoms with E-state index in [4.69, 9.17) is 4.84 Å². The number of carbonyl (C=O) groups excluding carboxylic acids is 1. The van der Waals surface area contributed by atoms with Crippen LogP contribution in [0, 0.1) is 0 Å². The van der Waals surface area contributed by atoms with Crippen LogP contribution in [0.2, 0.25) is 0 Å². The van der Waals surface area contributed by atoms with E-state index < -0.39 is 0 Å². The summed E-state index contributed by atoms with van der Waals surface area (Å²) in [7, 11) is 0. The lowest BCUT2D eigenvalue weighted by atomic mass is 10.2. The van der Waals surface area contributed by atoms with Gasteiger partial charge in [-0.3, -0.25) is 9.63 Å². The molecule has 1 amide bonds. The van der Waals surface area contributed by atoms with Crippen molar-refractivity contribution in [1.82, 2.24) is 5.48 Å². The van der Waals surface area contributed by atoms with Crippen LogP contribution in [0.4, 0.5) is 0 Å². The second kappa shape index (κ2) is 5.53. The van der Waals surface area contributed by atoms with Gasteiger partial charge in [0.25, 0.3) is 5.91 Å². The molecule has 0 saturated carbocycles. The first-order chi connectivity index (χ1) is 6.97. The number of hydrogen-bond donors (Lipinski definition) is 1. The van der Waals surface area contributed by atoms with Gasteiger partial charge >= 0.3 is 0 Å². The van der Waals surface area contributed by atoms with Crippen LogP contribution in [0.3, 0.4) is 0 Å². The van der Waals surface area contributed by atoms with E-state index in [0.29, 0.717) is 5.75 Å². The normalized spacial score (nSPS) is 11.4. The fourth-order valence-corrected chi connectivity index (χ4v) is 2.29. The van der Waals surface area contributed by atoms with Gasteiger partial charge in [0.1, 0.15) is 0 Å². The Hall–Kier alpha value is -0.520. The second-order valence-electron chi connectivity index (χ2n) is 3.96. The fraction of sp³-hybridized carbons (Fsp3) is 0.500. The third kappa shape index (κ3) is 5.81. The number of carbonyl (C=O) groups is 1. The van der Waals surface area contributed by atoms with Gasteiger partial charge in [-0.1, -0.05) is 6.07 Å². The molecular weight excluding hydrogens is 230 g/mol. The van der Waals surface area contributed by atoms with Crippen molar-refractivity contribution in [2.45, 2.75) is 30.6 Å². The molecule has 0 aliphatic rings. The Labute approximate surface area is 98.2 Å². The predicted octanol–water partition coefficient (Wildman–Crippen LogP) is 2.69. The topological polar surface area (TPSA) is 38.3 Å². The van der Waals surface area contributed by atoms with Crippen LogP contribution in [-0.4, -0.2) is 17.3 Å². The molecule has 84 valence electrons. The van der Waals surface area contributed by atoms with Gasteiger partial charge in [-0.15, -0.1) is 23.1 Å². The van der Waals surface area contributed by atoms with E-state index in [0.717, 1.165) is 4.21 Å². The Morgan fingerprint density at radius 1 is 1.60 bits per heavy atom. The Morgan fingerprint density at radius 2 is 2.33 bits per heavy atom. The zero-order chi connectivity index (χ0) is 11.3. The van der Waals surface area contributed by atoms with Gasteiger partial charge in [0.05, 0.1) is 15.6 Å². The Kier molecular flexibility index (Phi) is 4.63. The first-order valence-electron chi connectivity index (χ1n) is 4.60. The molecule has 3 nitrogen and oxygen atoms in total. The molecule has 0 aliphatic carbocycles. The highest BCUT2D eigenvalue weighted by atomic mass is 32.2. The van der Waals surface area contributed by atoms with Crippen molar-refractivity contribution in [3.8, 4) is 0 Å². The second-order valence-corrected chi connectivity index (χ2v) is 6.18. The molecule has 0 atom stereocenters. The van der Waals surface area contributed by atoms with E-state index in [1.807, 2.05) is 38.3 Å². The zero-order valence-electron chi connectivity index (χ0n) is 9.07. The average molecular weight is 245 g/mol. The van der Waals surface area contributed by atoms with Gasteiger partial charge < -0.3 is 0 Å². The van der Waals surface area contributed by atoms with Gasteiger partial charge in [0, 0.05) is 0 Å². The first kappa shape index (κ1) is 12.5. The van der Waals surface area contributed by atoms with Crippen LogP contribution < -0.4 is 5.48 Å². The van der Waals surface area contributed by atoms with Crippen LogP contribution in [-0.2, 0) is 9.63 Å². The molecule has 15 heavy (non-hydrogen) atoms. The summed E-state index contributed by atoms with van der Waals surface area (Å²) in [5.74, 6) is 0.277. The van der Waals surface area contributed by atoms with Crippen LogP contribution in [0.25, 0.3) is 0 Å². The number of rotatable bonds is 4. The Bertz CT molecular complexity index is 304. The molecule has 0 spiro atoms. The van der Waals surface area contributed by atoms with E-state index >= 15 is 0 Å². The molecule has 1 aromatic heterocycles. The smallest absolute Gasteiger partial charge is 0.253 e. The van der Waals surface area contributed by atoms with E-state index in [9.17, 15) is 4.79 Å². The zero-order valence-corrected chi connectivity index (χ0v) is 10.7. The van der Waals surface area contributed by atoms with Crippen LogP contribution in [0.15, 0.2) is 21.7 Å². The summed E-state index contributed by atoms with van der Waals surface area (Å²) >= 11 is 3.14. The Morgan fingerprint density at radius 3 is 2.87 bits per heavy atom. The summed E-state index contributed by atoms with van der Waals surface area (Å²) in [6.07, 6.45) is 0. The number of amides is 1. The van der Waals surface area contributed by atoms with Crippen molar-refractivity contribution in [2.24, 2.45) is 0 Å². The summed E-state index contributed by atoms with van der Waals surface area (Å²) < 4.78 is 1.14. The summed E-state index contributed by atoms with van der Waals surface area (Å²) in [4.78, 5) is 16.5. The molecule has 0 saturated heterocycles. The van der Waals surface area contributed by atoms with Crippen LogP contribution in [0.5, 0.6) is 0 Å². The number of nitrogens with one attached hydrogen (secondary N) is 1. The third-order valence-electron chi connectivity index (χ3n) is 1.31.